The molecule has 20 heavy (non-hydrogen) atoms. The number of halogens is 3. The Kier molecular flexibility index (Phi) is 4.09. The fourth-order valence-electron chi connectivity index (χ4n) is 2.07. The number of alkyl halides is 3. The monoisotopic (exact) mass is 324 g/mol. The van der Waals surface area contributed by atoms with Crippen molar-refractivity contribution in [1.82, 2.24) is 4.31 Å². The predicted octanol–water partition coefficient (Wildman–Crippen LogP) is 2.58. The van der Waals surface area contributed by atoms with Crippen LogP contribution in [0.5, 0.6) is 0 Å². The largest absolute Gasteiger partial charge is 0.391 e. The number of piperidine rings is 1. The molecular formula is C11H11F3N2O2S2. The molecule has 1 aromatic heterocycles. The fraction of sp³-hybridized carbons (Fsp3) is 0.545. The molecular weight excluding hydrogens is 313 g/mol. The summed E-state index contributed by atoms with van der Waals surface area (Å²) < 4.78 is 63.1. The van der Waals surface area contributed by atoms with Crippen LogP contribution in [0, 0.1) is 17.2 Å². The molecule has 1 fully saturated rings. The van der Waals surface area contributed by atoms with E-state index in [1.807, 2.05) is 6.07 Å². The van der Waals surface area contributed by atoms with Gasteiger partial charge in [-0.25, -0.2) is 8.42 Å². The third-order valence-electron chi connectivity index (χ3n) is 3.20. The maximum absolute atomic E-state index is 12.5. The topological polar surface area (TPSA) is 61.2 Å². The number of thiophene rings is 1. The minimum atomic E-state index is -4.27. The van der Waals surface area contributed by atoms with Crippen molar-refractivity contribution in [2.75, 3.05) is 13.1 Å². The second-order valence-electron chi connectivity index (χ2n) is 4.45. The number of sulfonamides is 1. The highest BCUT2D eigenvalue weighted by molar-refractivity contribution is 7.91. The average molecular weight is 324 g/mol. The van der Waals surface area contributed by atoms with Crippen LogP contribution >= 0.6 is 11.3 Å². The van der Waals surface area contributed by atoms with Crippen molar-refractivity contribution in [2.45, 2.75) is 23.2 Å². The van der Waals surface area contributed by atoms with E-state index in [-0.39, 0.29) is 35.0 Å². The molecule has 1 aliphatic rings. The van der Waals surface area contributed by atoms with Crippen LogP contribution in [0.3, 0.4) is 0 Å². The summed E-state index contributed by atoms with van der Waals surface area (Å²) >= 11 is 0.827. The molecule has 2 rings (SSSR count). The number of nitrogens with zero attached hydrogens (tertiary/aromatic N) is 2. The van der Waals surface area contributed by atoms with E-state index in [0.29, 0.717) is 0 Å². The van der Waals surface area contributed by atoms with Gasteiger partial charge >= 0.3 is 6.18 Å². The van der Waals surface area contributed by atoms with Gasteiger partial charge in [-0.15, -0.1) is 11.3 Å². The molecule has 0 saturated carbocycles. The first kappa shape index (κ1) is 15.3. The minimum Gasteiger partial charge on any atom is -0.206 e. The summed E-state index contributed by atoms with van der Waals surface area (Å²) in [5, 5.41) is 8.68. The highest BCUT2D eigenvalue weighted by Crippen LogP contribution is 2.36. The molecule has 9 heteroatoms. The van der Waals surface area contributed by atoms with Gasteiger partial charge in [-0.2, -0.15) is 22.7 Å². The number of hydrogen-bond acceptors (Lipinski definition) is 4. The Hall–Kier alpha value is -1.11. The van der Waals surface area contributed by atoms with E-state index < -0.39 is 22.1 Å². The van der Waals surface area contributed by atoms with Crippen LogP contribution in [0.15, 0.2) is 16.3 Å². The lowest BCUT2D eigenvalue weighted by Gasteiger charge is -2.31. The molecule has 4 nitrogen and oxygen atoms in total. The van der Waals surface area contributed by atoms with E-state index in [9.17, 15) is 21.6 Å². The van der Waals surface area contributed by atoms with Gasteiger partial charge in [0, 0.05) is 13.1 Å². The zero-order valence-electron chi connectivity index (χ0n) is 10.2. The SMILES string of the molecule is N#Cc1ccc(S(=O)(=O)N2CCC(C(F)(F)F)CC2)s1. The average Bonchev–Trinajstić information content (AvgIpc) is 2.87. The third kappa shape index (κ3) is 2.97. The van der Waals surface area contributed by atoms with Gasteiger partial charge in [0.1, 0.15) is 15.2 Å². The van der Waals surface area contributed by atoms with Crippen LogP contribution in [0.4, 0.5) is 13.2 Å². The minimum absolute atomic E-state index is 0.000455. The highest BCUT2D eigenvalue weighted by atomic mass is 32.2. The zero-order chi connectivity index (χ0) is 15.0. The maximum Gasteiger partial charge on any atom is 0.391 e. The first-order chi connectivity index (χ1) is 9.25. The van der Waals surface area contributed by atoms with Crippen LogP contribution in [0.25, 0.3) is 0 Å². The van der Waals surface area contributed by atoms with Crippen LogP contribution in [-0.2, 0) is 10.0 Å². The lowest BCUT2D eigenvalue weighted by atomic mass is 9.98. The third-order valence-corrected chi connectivity index (χ3v) is 6.56. The molecule has 1 aliphatic heterocycles. The van der Waals surface area contributed by atoms with Crippen molar-refractivity contribution in [3.05, 3.63) is 17.0 Å². The normalized spacial score (nSPS) is 18.9. The van der Waals surface area contributed by atoms with Gasteiger partial charge in [-0.3, -0.25) is 0 Å². The van der Waals surface area contributed by atoms with Gasteiger partial charge in [0.25, 0.3) is 10.0 Å². The summed E-state index contributed by atoms with van der Waals surface area (Å²) in [5.74, 6) is -1.44. The fourth-order valence-corrected chi connectivity index (χ4v) is 4.80. The van der Waals surface area contributed by atoms with Gasteiger partial charge in [-0.05, 0) is 25.0 Å². The standard InChI is InChI=1S/C11H11F3N2O2S2/c12-11(13,14)8-3-5-16(6-4-8)20(17,18)10-2-1-9(7-15)19-10/h1-2,8H,3-6H2. The van der Waals surface area contributed by atoms with Gasteiger partial charge in [-0.1, -0.05) is 0 Å². The Morgan fingerprint density at radius 1 is 1.30 bits per heavy atom. The molecule has 0 bridgehead atoms. The van der Waals surface area contributed by atoms with Gasteiger partial charge in [0.05, 0.1) is 5.92 Å². The second kappa shape index (κ2) is 5.35. The first-order valence-electron chi connectivity index (χ1n) is 5.82. The molecule has 0 N–H and O–H groups in total. The number of rotatable bonds is 2. The maximum atomic E-state index is 12.5. The molecule has 2 heterocycles. The van der Waals surface area contributed by atoms with Gasteiger partial charge in [0.2, 0.25) is 0 Å². The Labute approximate surface area is 118 Å². The van der Waals surface area contributed by atoms with Crippen molar-refractivity contribution >= 4 is 21.4 Å². The van der Waals surface area contributed by atoms with E-state index >= 15 is 0 Å². The second-order valence-corrected chi connectivity index (χ2v) is 7.70. The smallest absolute Gasteiger partial charge is 0.206 e. The van der Waals surface area contributed by atoms with E-state index in [4.69, 9.17) is 5.26 Å². The Morgan fingerprint density at radius 3 is 2.35 bits per heavy atom. The van der Waals surface area contributed by atoms with Crippen LogP contribution in [0.1, 0.15) is 17.7 Å². The summed E-state index contributed by atoms with van der Waals surface area (Å²) in [7, 11) is -3.79. The predicted molar refractivity (Wildman–Crippen MR) is 66.6 cm³/mol. The molecule has 1 saturated heterocycles. The first-order valence-corrected chi connectivity index (χ1v) is 8.07. The van der Waals surface area contributed by atoms with Crippen molar-refractivity contribution in [3.8, 4) is 6.07 Å². The van der Waals surface area contributed by atoms with Crippen molar-refractivity contribution in [3.63, 3.8) is 0 Å². The highest BCUT2D eigenvalue weighted by Gasteiger charge is 2.43. The number of nitriles is 1. The summed E-state index contributed by atoms with van der Waals surface area (Å²) in [6.07, 6.45) is -4.72. The number of hydrogen-bond donors (Lipinski definition) is 0. The Balaban J connectivity index is 2.12. The quantitative estimate of drug-likeness (QED) is 0.840. The molecule has 0 aromatic carbocycles. The summed E-state index contributed by atoms with van der Waals surface area (Å²) in [4.78, 5) is 0.258. The zero-order valence-corrected chi connectivity index (χ0v) is 11.9. The van der Waals surface area contributed by atoms with E-state index in [2.05, 4.69) is 0 Å². The van der Waals surface area contributed by atoms with Crippen LogP contribution in [0.2, 0.25) is 0 Å². The Morgan fingerprint density at radius 2 is 1.90 bits per heavy atom. The van der Waals surface area contributed by atoms with Crippen molar-refractivity contribution in [1.29, 1.82) is 5.26 Å². The van der Waals surface area contributed by atoms with E-state index in [0.717, 1.165) is 15.6 Å². The Bertz CT molecular complexity index is 623. The lowest BCUT2D eigenvalue weighted by Crippen LogP contribution is -2.41. The van der Waals surface area contributed by atoms with Gasteiger partial charge in [0.15, 0.2) is 0 Å². The molecule has 0 radical (unpaired) electrons. The molecule has 1 aromatic rings. The van der Waals surface area contributed by atoms with E-state index in [1.165, 1.54) is 12.1 Å². The van der Waals surface area contributed by atoms with Crippen molar-refractivity contribution in [2.24, 2.45) is 5.92 Å². The lowest BCUT2D eigenvalue weighted by molar-refractivity contribution is -0.182. The van der Waals surface area contributed by atoms with Crippen molar-refractivity contribution < 1.29 is 21.6 Å². The molecule has 0 unspecified atom stereocenters. The molecule has 0 amide bonds. The van der Waals surface area contributed by atoms with E-state index in [1.54, 1.807) is 0 Å². The molecule has 0 spiro atoms. The summed E-state index contributed by atoms with van der Waals surface area (Å²) in [5.41, 5.74) is 0. The molecule has 0 aliphatic carbocycles. The summed E-state index contributed by atoms with van der Waals surface area (Å²) in [6.45, 7) is -0.293. The van der Waals surface area contributed by atoms with Gasteiger partial charge < -0.3 is 0 Å². The summed E-state index contributed by atoms with van der Waals surface area (Å²) in [6, 6.07) is 4.54. The molecule has 0 atom stereocenters. The van der Waals surface area contributed by atoms with Crippen LogP contribution in [-0.4, -0.2) is 32.0 Å². The van der Waals surface area contributed by atoms with Crippen LogP contribution < -0.4 is 0 Å². The molecule has 110 valence electrons.